The Bertz CT molecular complexity index is 1150. The molecule has 5 heteroatoms. The molecule has 31 heavy (non-hydrogen) atoms. The predicted molar refractivity (Wildman–Crippen MR) is 123 cm³/mol. The van der Waals surface area contributed by atoms with Crippen LogP contribution in [0.25, 0.3) is 5.57 Å². The number of carbonyl (C=O) groups is 1. The van der Waals surface area contributed by atoms with Gasteiger partial charge in [0.2, 0.25) is 5.91 Å². The van der Waals surface area contributed by atoms with E-state index in [1.165, 1.54) is 27.8 Å². The average Bonchev–Trinajstić information content (AvgIpc) is 2.96. The molecule has 4 nitrogen and oxygen atoms in total. The molecule has 0 bridgehead atoms. The van der Waals surface area contributed by atoms with Crippen molar-refractivity contribution < 1.29 is 4.79 Å². The molecule has 1 aliphatic carbocycles. The second-order valence-corrected chi connectivity index (χ2v) is 8.64. The van der Waals surface area contributed by atoms with Gasteiger partial charge in [0, 0.05) is 42.3 Å². The summed E-state index contributed by atoms with van der Waals surface area (Å²) in [6, 6.07) is 14.2. The Morgan fingerprint density at radius 1 is 0.935 bits per heavy atom. The number of piperidine rings is 1. The van der Waals surface area contributed by atoms with Crippen LogP contribution >= 0.6 is 11.6 Å². The highest BCUT2D eigenvalue weighted by molar-refractivity contribution is 6.30. The van der Waals surface area contributed by atoms with Gasteiger partial charge in [-0.15, -0.1) is 0 Å². The lowest BCUT2D eigenvalue weighted by Crippen LogP contribution is -2.37. The van der Waals surface area contributed by atoms with Crippen molar-refractivity contribution in [3.8, 4) is 0 Å². The molecule has 3 heterocycles. The average molecular weight is 430 g/mol. The van der Waals surface area contributed by atoms with Crippen LogP contribution in [0, 0.1) is 0 Å². The van der Waals surface area contributed by atoms with Crippen molar-refractivity contribution in [2.45, 2.75) is 32.1 Å². The second kappa shape index (κ2) is 8.64. The molecule has 1 aliphatic heterocycles. The molecule has 0 unspecified atom stereocenters. The van der Waals surface area contributed by atoms with Gasteiger partial charge in [-0.2, -0.15) is 0 Å². The topological polar surface area (TPSA) is 46.1 Å². The van der Waals surface area contributed by atoms with Gasteiger partial charge in [0.05, 0.1) is 12.1 Å². The normalized spacial score (nSPS) is 15.8. The Hall–Kier alpha value is -2.98. The molecule has 2 aromatic heterocycles. The van der Waals surface area contributed by atoms with Crippen molar-refractivity contribution in [1.29, 1.82) is 0 Å². The van der Waals surface area contributed by atoms with E-state index < -0.39 is 0 Å². The smallest absolute Gasteiger partial charge is 0.227 e. The molecule has 1 amide bonds. The van der Waals surface area contributed by atoms with Crippen molar-refractivity contribution in [3.63, 3.8) is 0 Å². The van der Waals surface area contributed by atoms with E-state index >= 15 is 0 Å². The molecule has 156 valence electrons. The third-order valence-electron chi connectivity index (χ3n) is 6.31. The fraction of sp³-hybridized carbons (Fsp3) is 0.269. The monoisotopic (exact) mass is 429 g/mol. The molecule has 2 aliphatic rings. The number of likely N-dealkylation sites (tertiary alicyclic amines) is 1. The third-order valence-corrected chi connectivity index (χ3v) is 6.54. The van der Waals surface area contributed by atoms with Crippen LogP contribution < -0.4 is 0 Å². The number of aromatic nitrogens is 2. The second-order valence-electron chi connectivity index (χ2n) is 8.20. The number of hydrogen-bond acceptors (Lipinski definition) is 3. The van der Waals surface area contributed by atoms with Crippen LogP contribution in [-0.2, 0) is 24.1 Å². The number of halogens is 1. The Balaban J connectivity index is 1.45. The largest absolute Gasteiger partial charge is 0.342 e. The Labute approximate surface area is 187 Å². The van der Waals surface area contributed by atoms with Gasteiger partial charge < -0.3 is 4.90 Å². The van der Waals surface area contributed by atoms with Gasteiger partial charge >= 0.3 is 0 Å². The van der Waals surface area contributed by atoms with Crippen molar-refractivity contribution in [2.75, 3.05) is 13.1 Å². The highest BCUT2D eigenvalue weighted by Gasteiger charge is 2.26. The number of hydrogen-bond donors (Lipinski definition) is 0. The molecule has 0 atom stereocenters. The summed E-state index contributed by atoms with van der Waals surface area (Å²) < 4.78 is 0. The van der Waals surface area contributed by atoms with Gasteiger partial charge in [-0.3, -0.25) is 14.8 Å². The number of rotatable bonds is 2. The molecule has 0 N–H and O–H groups in total. The number of amides is 1. The van der Waals surface area contributed by atoms with E-state index in [1.807, 2.05) is 35.4 Å². The van der Waals surface area contributed by atoms with Gasteiger partial charge in [-0.25, -0.2) is 0 Å². The third kappa shape index (κ3) is 4.13. The van der Waals surface area contributed by atoms with E-state index in [2.05, 4.69) is 23.2 Å². The quantitative estimate of drug-likeness (QED) is 0.582. The van der Waals surface area contributed by atoms with Crippen molar-refractivity contribution >= 4 is 23.1 Å². The zero-order valence-electron chi connectivity index (χ0n) is 17.4. The van der Waals surface area contributed by atoms with Crippen LogP contribution in [0.3, 0.4) is 0 Å². The summed E-state index contributed by atoms with van der Waals surface area (Å²) in [4.78, 5) is 23.6. The highest BCUT2D eigenvalue weighted by Crippen LogP contribution is 2.38. The standard InChI is InChI=1S/C26H24ClN3O/c27-22-5-6-23-21(17-22)4-3-20-2-1-11-29-26(20)25(23)19-9-14-30(15-10-19)24(31)16-18-7-12-28-13-8-18/h1-2,5-8,11-13,17H,3-4,9-10,14-16H2. The predicted octanol–water partition coefficient (Wildman–Crippen LogP) is 4.90. The maximum atomic E-state index is 12.8. The van der Waals surface area contributed by atoms with Crippen molar-refractivity contribution in [3.05, 3.63) is 99.6 Å². The first-order valence-corrected chi connectivity index (χ1v) is 11.2. The van der Waals surface area contributed by atoms with E-state index in [4.69, 9.17) is 16.6 Å². The van der Waals surface area contributed by atoms with Crippen LogP contribution in [-0.4, -0.2) is 33.9 Å². The van der Waals surface area contributed by atoms with E-state index in [-0.39, 0.29) is 5.91 Å². The molecule has 0 saturated carbocycles. The number of fused-ring (bicyclic) bond motifs is 2. The summed E-state index contributed by atoms with van der Waals surface area (Å²) >= 11 is 6.32. The minimum Gasteiger partial charge on any atom is -0.342 e. The molecule has 1 saturated heterocycles. The number of benzene rings is 1. The number of nitrogens with zero attached hydrogens (tertiary/aromatic N) is 3. The molecule has 1 aromatic carbocycles. The van der Waals surface area contributed by atoms with Gasteiger partial charge in [-0.05, 0) is 78.3 Å². The van der Waals surface area contributed by atoms with Crippen LogP contribution in [0.4, 0.5) is 0 Å². The fourth-order valence-electron chi connectivity index (χ4n) is 4.70. The first-order chi connectivity index (χ1) is 15.2. The number of aryl methyl sites for hydroxylation is 2. The van der Waals surface area contributed by atoms with Crippen molar-refractivity contribution in [1.82, 2.24) is 14.9 Å². The SMILES string of the molecule is O=C(Cc1ccncc1)N1CCC(=C2c3ccc(Cl)cc3CCc3cccnc32)CC1. The lowest BCUT2D eigenvalue weighted by atomic mass is 9.88. The number of carbonyl (C=O) groups excluding carboxylic acids is 1. The maximum absolute atomic E-state index is 12.8. The summed E-state index contributed by atoms with van der Waals surface area (Å²) in [6.45, 7) is 1.49. The summed E-state index contributed by atoms with van der Waals surface area (Å²) in [7, 11) is 0. The zero-order valence-corrected chi connectivity index (χ0v) is 18.1. The Morgan fingerprint density at radius 3 is 2.52 bits per heavy atom. The van der Waals surface area contributed by atoms with Crippen LogP contribution in [0.5, 0.6) is 0 Å². The molecule has 0 radical (unpaired) electrons. The first kappa shape index (κ1) is 20.0. The van der Waals surface area contributed by atoms with Crippen molar-refractivity contribution in [2.24, 2.45) is 0 Å². The molecular weight excluding hydrogens is 406 g/mol. The lowest BCUT2D eigenvalue weighted by molar-refractivity contribution is -0.130. The summed E-state index contributed by atoms with van der Waals surface area (Å²) in [5.41, 5.74) is 8.55. The summed E-state index contributed by atoms with van der Waals surface area (Å²) in [6.07, 6.45) is 9.45. The molecular formula is C26H24ClN3O. The maximum Gasteiger partial charge on any atom is 0.227 e. The molecule has 5 rings (SSSR count). The number of pyridine rings is 2. The minimum absolute atomic E-state index is 0.182. The first-order valence-electron chi connectivity index (χ1n) is 10.8. The molecule has 0 spiro atoms. The molecule has 1 fully saturated rings. The Kier molecular flexibility index (Phi) is 5.56. The Morgan fingerprint density at radius 2 is 1.71 bits per heavy atom. The van der Waals surface area contributed by atoms with Gasteiger partial charge in [0.25, 0.3) is 0 Å². The summed E-state index contributed by atoms with van der Waals surface area (Å²) in [5.74, 6) is 0.182. The summed E-state index contributed by atoms with van der Waals surface area (Å²) in [5, 5.41) is 0.776. The van der Waals surface area contributed by atoms with E-state index in [9.17, 15) is 4.79 Å². The van der Waals surface area contributed by atoms with Crippen LogP contribution in [0.15, 0.2) is 66.6 Å². The fourth-order valence-corrected chi connectivity index (χ4v) is 4.89. The zero-order chi connectivity index (χ0) is 21.2. The minimum atomic E-state index is 0.182. The van der Waals surface area contributed by atoms with Crippen LogP contribution in [0.1, 0.15) is 40.8 Å². The van der Waals surface area contributed by atoms with Gasteiger partial charge in [-0.1, -0.05) is 29.3 Å². The van der Waals surface area contributed by atoms with E-state index in [1.54, 1.807) is 12.4 Å². The van der Waals surface area contributed by atoms with E-state index in [0.717, 1.165) is 55.1 Å². The van der Waals surface area contributed by atoms with Gasteiger partial charge in [0.1, 0.15) is 0 Å². The van der Waals surface area contributed by atoms with E-state index in [0.29, 0.717) is 6.42 Å². The highest BCUT2D eigenvalue weighted by atomic mass is 35.5. The molecule has 3 aromatic rings. The van der Waals surface area contributed by atoms with Gasteiger partial charge in [0.15, 0.2) is 0 Å². The lowest BCUT2D eigenvalue weighted by Gasteiger charge is -2.30. The van der Waals surface area contributed by atoms with Crippen LogP contribution in [0.2, 0.25) is 5.02 Å².